The number of carbonyl (C=O) groups excluding carboxylic acids is 2. The number of carbonyl (C=O) groups is 2. The highest BCUT2D eigenvalue weighted by Gasteiger charge is 2.27. The van der Waals surface area contributed by atoms with Crippen LogP contribution in [0.5, 0.6) is 0 Å². The van der Waals surface area contributed by atoms with Crippen LogP contribution in [0.25, 0.3) is 0 Å². The number of hydrogen-bond acceptors (Lipinski definition) is 7. The predicted molar refractivity (Wildman–Crippen MR) is 192 cm³/mol. The van der Waals surface area contributed by atoms with E-state index in [1.54, 1.807) is 0 Å². The smallest absolute Gasteiger partial charge is 0.462 e. The summed E-state index contributed by atoms with van der Waals surface area (Å²) < 4.78 is 34.1. The lowest BCUT2D eigenvalue weighted by Crippen LogP contribution is -2.37. The monoisotopic (exact) mass is 691 g/mol. The number of unbranched alkanes of at least 4 members (excludes halogenated alkanes) is 18. The first-order valence-corrected chi connectivity index (χ1v) is 20.4. The molecule has 0 aromatic heterocycles. The zero-order valence-corrected chi connectivity index (χ0v) is 31.9. The molecule has 10 heteroatoms. The van der Waals surface area contributed by atoms with Gasteiger partial charge in [-0.1, -0.05) is 122 Å². The number of esters is 2. The first-order valence-electron chi connectivity index (χ1n) is 18.9. The second kappa shape index (κ2) is 30.8. The predicted octanol–water partition coefficient (Wildman–Crippen LogP) is 9.85. The number of hydrogen-bond donors (Lipinski definition) is 1. The fourth-order valence-corrected chi connectivity index (χ4v) is 5.75. The first-order chi connectivity index (χ1) is 22.5. The summed E-state index contributed by atoms with van der Waals surface area (Å²) in [6.45, 7) is 4.36. The van der Waals surface area contributed by atoms with E-state index >= 15 is 0 Å². The Labute approximate surface area is 288 Å². The summed E-state index contributed by atoms with van der Waals surface area (Å²) in [5, 5.41) is 0. The Balaban J connectivity index is 4.42. The molecule has 0 heterocycles. The van der Waals surface area contributed by atoms with Gasteiger partial charge in [-0.25, -0.2) is 4.57 Å². The summed E-state index contributed by atoms with van der Waals surface area (Å²) in [4.78, 5) is 35.0. The lowest BCUT2D eigenvalue weighted by atomic mass is 10.1. The van der Waals surface area contributed by atoms with Gasteiger partial charge in [-0.05, 0) is 38.5 Å². The maximum atomic E-state index is 12.6. The van der Waals surface area contributed by atoms with Gasteiger partial charge in [0.1, 0.15) is 19.8 Å². The highest BCUT2D eigenvalue weighted by atomic mass is 31.2. The molecule has 0 fully saturated rings. The van der Waals surface area contributed by atoms with Gasteiger partial charge in [-0.15, -0.1) is 0 Å². The Bertz CT molecular complexity index is 830. The van der Waals surface area contributed by atoms with Crippen LogP contribution in [-0.2, 0) is 32.7 Å². The standard InChI is InChI=1S/C37H72NO8P/c1-6-8-10-12-14-16-17-18-19-20-21-22-24-26-28-30-37(40)46-35(34-45-47(41,42)44-32-31-38(3,4)5)33-43-36(39)29-27-25-23-15-13-11-9-7-2/h18-19,35H,6-17,20-34H2,1-5H3/p+1/b19-18-/t35-/m0/s1. The van der Waals surface area contributed by atoms with Crippen molar-refractivity contribution in [3.63, 3.8) is 0 Å². The molecule has 0 aliphatic carbocycles. The summed E-state index contributed by atoms with van der Waals surface area (Å²) in [6, 6.07) is 0. The van der Waals surface area contributed by atoms with Crippen LogP contribution < -0.4 is 0 Å². The molecule has 278 valence electrons. The number of phosphoric ester groups is 1. The van der Waals surface area contributed by atoms with E-state index in [0.717, 1.165) is 51.4 Å². The third-order valence-corrected chi connectivity index (χ3v) is 9.03. The molecule has 0 rings (SSSR count). The fourth-order valence-electron chi connectivity index (χ4n) is 5.01. The zero-order chi connectivity index (χ0) is 35.1. The molecule has 0 radical (unpaired) electrons. The molecule has 2 atom stereocenters. The van der Waals surface area contributed by atoms with Gasteiger partial charge in [0.15, 0.2) is 6.10 Å². The molecule has 1 unspecified atom stereocenters. The van der Waals surface area contributed by atoms with E-state index in [4.69, 9.17) is 18.5 Å². The van der Waals surface area contributed by atoms with Gasteiger partial charge in [-0.2, -0.15) is 0 Å². The maximum Gasteiger partial charge on any atom is 0.472 e. The van der Waals surface area contributed by atoms with Crippen LogP contribution in [0, 0.1) is 0 Å². The minimum Gasteiger partial charge on any atom is -0.462 e. The molecule has 0 saturated carbocycles. The Kier molecular flexibility index (Phi) is 30.0. The summed E-state index contributed by atoms with van der Waals surface area (Å²) in [5.41, 5.74) is 0. The van der Waals surface area contributed by atoms with E-state index in [2.05, 4.69) is 26.0 Å². The van der Waals surface area contributed by atoms with E-state index in [1.165, 1.54) is 77.0 Å². The molecule has 9 nitrogen and oxygen atoms in total. The number of likely N-dealkylation sites (N-methyl/N-ethyl adjacent to an activating group) is 1. The molecule has 1 N–H and O–H groups in total. The molecular formula is C37H73NO8P+. The van der Waals surface area contributed by atoms with Gasteiger partial charge >= 0.3 is 19.8 Å². The van der Waals surface area contributed by atoms with Gasteiger partial charge < -0.3 is 18.9 Å². The van der Waals surface area contributed by atoms with E-state index in [-0.39, 0.29) is 32.0 Å². The highest BCUT2D eigenvalue weighted by molar-refractivity contribution is 7.47. The number of quaternary nitrogens is 1. The van der Waals surface area contributed by atoms with E-state index in [0.29, 0.717) is 17.4 Å². The fraction of sp³-hybridized carbons (Fsp3) is 0.892. The van der Waals surface area contributed by atoms with Crippen LogP contribution in [0.2, 0.25) is 0 Å². The van der Waals surface area contributed by atoms with Crippen LogP contribution in [0.1, 0.15) is 162 Å². The van der Waals surface area contributed by atoms with Crippen LogP contribution in [0.4, 0.5) is 0 Å². The summed E-state index contributed by atoms with van der Waals surface area (Å²) in [7, 11) is 1.47. The number of phosphoric acid groups is 1. The SMILES string of the molecule is CCCCCCCC/C=C\CCCCCCCC(=O)O[C@@H](COC(=O)CCCCCCCCCC)COP(=O)(O)OCC[N+](C)(C)C. The molecular weight excluding hydrogens is 617 g/mol. The van der Waals surface area contributed by atoms with Crippen molar-refractivity contribution in [2.45, 2.75) is 168 Å². The van der Waals surface area contributed by atoms with Gasteiger partial charge in [-0.3, -0.25) is 18.6 Å². The Hall–Kier alpha value is -1.25. The summed E-state index contributed by atoms with van der Waals surface area (Å²) in [6.07, 6.45) is 28.4. The van der Waals surface area contributed by atoms with Crippen molar-refractivity contribution in [3.8, 4) is 0 Å². The average molecular weight is 691 g/mol. The second-order valence-corrected chi connectivity index (χ2v) is 15.4. The molecule has 0 saturated heterocycles. The molecule has 0 aliphatic rings. The molecule has 0 spiro atoms. The minimum atomic E-state index is -4.36. The number of rotatable bonds is 34. The van der Waals surface area contributed by atoms with E-state index in [1.807, 2.05) is 21.1 Å². The van der Waals surface area contributed by atoms with Crippen molar-refractivity contribution in [1.29, 1.82) is 0 Å². The largest absolute Gasteiger partial charge is 0.472 e. The third-order valence-electron chi connectivity index (χ3n) is 8.05. The van der Waals surface area contributed by atoms with Crippen LogP contribution in [-0.4, -0.2) is 74.9 Å². The first kappa shape index (κ1) is 45.8. The van der Waals surface area contributed by atoms with Gasteiger partial charge in [0, 0.05) is 12.8 Å². The van der Waals surface area contributed by atoms with Gasteiger partial charge in [0.05, 0.1) is 27.7 Å². The molecule has 0 aromatic rings. The summed E-state index contributed by atoms with van der Waals surface area (Å²) in [5.74, 6) is -0.810. The van der Waals surface area contributed by atoms with Crippen LogP contribution >= 0.6 is 7.82 Å². The van der Waals surface area contributed by atoms with Crippen LogP contribution in [0.15, 0.2) is 12.2 Å². The third kappa shape index (κ3) is 34.4. The zero-order valence-electron chi connectivity index (χ0n) is 31.0. The second-order valence-electron chi connectivity index (χ2n) is 14.0. The number of ether oxygens (including phenoxy) is 2. The van der Waals surface area contributed by atoms with Gasteiger partial charge in [0.25, 0.3) is 0 Å². The molecule has 0 bridgehead atoms. The van der Waals surface area contributed by atoms with E-state index < -0.39 is 26.5 Å². The van der Waals surface area contributed by atoms with Crippen molar-refractivity contribution < 1.29 is 42.1 Å². The lowest BCUT2D eigenvalue weighted by molar-refractivity contribution is -0.870. The highest BCUT2D eigenvalue weighted by Crippen LogP contribution is 2.43. The summed E-state index contributed by atoms with van der Waals surface area (Å²) >= 11 is 0. The number of nitrogens with zero attached hydrogens (tertiary/aromatic N) is 1. The maximum absolute atomic E-state index is 12.6. The Morgan fingerprint density at radius 2 is 1.09 bits per heavy atom. The van der Waals surface area contributed by atoms with Crippen molar-refractivity contribution >= 4 is 19.8 Å². The average Bonchev–Trinajstić information content (AvgIpc) is 3.01. The quantitative estimate of drug-likeness (QED) is 0.0234. The normalized spacial score (nSPS) is 13.9. The van der Waals surface area contributed by atoms with Crippen molar-refractivity contribution in [1.82, 2.24) is 0 Å². The molecule has 47 heavy (non-hydrogen) atoms. The van der Waals surface area contributed by atoms with Crippen molar-refractivity contribution in [3.05, 3.63) is 12.2 Å². The topological polar surface area (TPSA) is 108 Å². The Morgan fingerprint density at radius 1 is 0.638 bits per heavy atom. The van der Waals surface area contributed by atoms with E-state index in [9.17, 15) is 19.0 Å². The van der Waals surface area contributed by atoms with Gasteiger partial charge in [0.2, 0.25) is 0 Å². The van der Waals surface area contributed by atoms with Crippen LogP contribution in [0.3, 0.4) is 0 Å². The van der Waals surface area contributed by atoms with Crippen molar-refractivity contribution in [2.75, 3.05) is 47.5 Å². The van der Waals surface area contributed by atoms with Crippen molar-refractivity contribution in [2.24, 2.45) is 0 Å². The minimum absolute atomic E-state index is 0.0325. The molecule has 0 amide bonds. The lowest BCUT2D eigenvalue weighted by Gasteiger charge is -2.24. The molecule has 0 aliphatic heterocycles. The number of allylic oxidation sites excluding steroid dienone is 2. The Morgan fingerprint density at radius 3 is 1.57 bits per heavy atom. The molecule has 0 aromatic carbocycles.